The van der Waals surface area contributed by atoms with Crippen molar-refractivity contribution in [2.24, 2.45) is 0 Å². The predicted octanol–water partition coefficient (Wildman–Crippen LogP) is 4.39. The number of rotatable bonds is 2. The average Bonchev–Trinajstić information content (AvgIpc) is 2.77. The Bertz CT molecular complexity index is 783. The van der Waals surface area contributed by atoms with Gasteiger partial charge < -0.3 is 11.1 Å². The van der Waals surface area contributed by atoms with Crippen LogP contribution in [0.2, 0.25) is 5.02 Å². The van der Waals surface area contributed by atoms with E-state index < -0.39 is 0 Å². The first-order valence-electron chi connectivity index (χ1n) is 5.99. The van der Waals surface area contributed by atoms with Crippen molar-refractivity contribution in [3.63, 3.8) is 0 Å². The highest BCUT2D eigenvalue weighted by molar-refractivity contribution is 7.21. The van der Waals surface area contributed by atoms with Crippen LogP contribution in [0.1, 0.15) is 9.67 Å². The number of thiophene rings is 1. The molecule has 3 nitrogen and oxygen atoms in total. The highest BCUT2D eigenvalue weighted by Crippen LogP contribution is 2.35. The molecule has 2 aromatic carbocycles. The van der Waals surface area contributed by atoms with Gasteiger partial charge in [0.1, 0.15) is 4.88 Å². The second kappa shape index (κ2) is 5.15. The van der Waals surface area contributed by atoms with Gasteiger partial charge in [-0.15, -0.1) is 11.3 Å². The minimum Gasteiger partial charge on any atom is -0.397 e. The number of nitrogens with one attached hydrogen (secondary N) is 1. The Morgan fingerprint density at radius 3 is 2.65 bits per heavy atom. The number of halogens is 1. The summed E-state index contributed by atoms with van der Waals surface area (Å²) in [6.07, 6.45) is 0. The van der Waals surface area contributed by atoms with Crippen LogP contribution < -0.4 is 11.1 Å². The SMILES string of the molecule is Nc1c(C(=O)Nc2ccccc2)sc2ccc(Cl)cc12. The highest BCUT2D eigenvalue weighted by Gasteiger charge is 2.16. The fourth-order valence-electron chi connectivity index (χ4n) is 1.97. The fourth-order valence-corrected chi connectivity index (χ4v) is 3.14. The maximum atomic E-state index is 12.3. The maximum Gasteiger partial charge on any atom is 0.267 e. The van der Waals surface area contributed by atoms with Crippen LogP contribution in [0.5, 0.6) is 0 Å². The number of fused-ring (bicyclic) bond motifs is 1. The Morgan fingerprint density at radius 1 is 1.15 bits per heavy atom. The molecule has 0 atom stereocenters. The molecule has 0 unspecified atom stereocenters. The normalized spacial score (nSPS) is 10.7. The van der Waals surface area contributed by atoms with Crippen LogP contribution in [0.15, 0.2) is 48.5 Å². The number of nitrogens with two attached hydrogens (primary N) is 1. The molecular formula is C15H11ClN2OS. The summed E-state index contributed by atoms with van der Waals surface area (Å²) in [5.74, 6) is -0.203. The fraction of sp³-hybridized carbons (Fsp3) is 0. The van der Waals surface area contributed by atoms with Gasteiger partial charge in [-0.25, -0.2) is 0 Å². The van der Waals surface area contributed by atoms with E-state index in [9.17, 15) is 4.79 Å². The first-order chi connectivity index (χ1) is 9.65. The third-order valence-corrected chi connectivity index (χ3v) is 4.35. The predicted molar refractivity (Wildman–Crippen MR) is 85.6 cm³/mol. The molecule has 1 amide bonds. The Morgan fingerprint density at radius 2 is 1.90 bits per heavy atom. The number of hydrogen-bond donors (Lipinski definition) is 2. The van der Waals surface area contributed by atoms with Gasteiger partial charge >= 0.3 is 0 Å². The molecule has 0 spiro atoms. The lowest BCUT2D eigenvalue weighted by molar-refractivity contribution is 0.103. The number of para-hydroxylation sites is 1. The minimum absolute atomic E-state index is 0.203. The summed E-state index contributed by atoms with van der Waals surface area (Å²) in [6, 6.07) is 14.7. The zero-order valence-electron chi connectivity index (χ0n) is 10.4. The third kappa shape index (κ3) is 2.35. The summed E-state index contributed by atoms with van der Waals surface area (Å²) in [7, 11) is 0. The van der Waals surface area contributed by atoms with E-state index >= 15 is 0 Å². The molecule has 0 aliphatic heterocycles. The minimum atomic E-state index is -0.203. The third-order valence-electron chi connectivity index (χ3n) is 2.93. The molecule has 1 heterocycles. The number of nitrogen functional groups attached to an aromatic ring is 1. The topological polar surface area (TPSA) is 55.1 Å². The van der Waals surface area contributed by atoms with Gasteiger partial charge in [0.05, 0.1) is 5.69 Å². The van der Waals surface area contributed by atoms with Crippen molar-refractivity contribution >= 4 is 50.3 Å². The number of carbonyl (C=O) groups excluding carboxylic acids is 1. The van der Waals surface area contributed by atoms with Crippen LogP contribution >= 0.6 is 22.9 Å². The van der Waals surface area contributed by atoms with E-state index in [0.717, 1.165) is 15.8 Å². The number of anilines is 2. The Balaban J connectivity index is 1.98. The summed E-state index contributed by atoms with van der Waals surface area (Å²) in [6.45, 7) is 0. The van der Waals surface area contributed by atoms with E-state index in [1.54, 1.807) is 12.1 Å². The Labute approximate surface area is 125 Å². The first-order valence-corrected chi connectivity index (χ1v) is 7.18. The number of benzene rings is 2. The summed E-state index contributed by atoms with van der Waals surface area (Å²) in [4.78, 5) is 12.8. The second-order valence-electron chi connectivity index (χ2n) is 4.31. The molecule has 0 saturated heterocycles. The zero-order chi connectivity index (χ0) is 14.1. The van der Waals surface area contributed by atoms with Gasteiger partial charge in [-0.05, 0) is 30.3 Å². The largest absolute Gasteiger partial charge is 0.397 e. The molecule has 3 rings (SSSR count). The van der Waals surface area contributed by atoms with Crippen molar-refractivity contribution in [2.75, 3.05) is 11.1 Å². The van der Waals surface area contributed by atoms with Crippen molar-refractivity contribution in [1.29, 1.82) is 0 Å². The monoisotopic (exact) mass is 302 g/mol. The summed E-state index contributed by atoms with van der Waals surface area (Å²) in [5, 5.41) is 4.26. The van der Waals surface area contributed by atoms with Gasteiger partial charge in [-0.1, -0.05) is 29.8 Å². The van der Waals surface area contributed by atoms with Crippen molar-refractivity contribution < 1.29 is 4.79 Å². The van der Waals surface area contributed by atoms with Crippen LogP contribution in [0.3, 0.4) is 0 Å². The van der Waals surface area contributed by atoms with Crippen LogP contribution in [0, 0.1) is 0 Å². The van der Waals surface area contributed by atoms with Gasteiger partial charge in [0.15, 0.2) is 0 Å². The van der Waals surface area contributed by atoms with E-state index in [0.29, 0.717) is 15.6 Å². The standard InChI is InChI=1S/C15H11ClN2OS/c16-9-6-7-12-11(8-9)13(17)14(20-12)15(19)18-10-4-2-1-3-5-10/h1-8H,17H2,(H,18,19). The zero-order valence-corrected chi connectivity index (χ0v) is 12.0. The average molecular weight is 303 g/mol. The molecule has 1 aromatic heterocycles. The van der Waals surface area contributed by atoms with Gasteiger partial charge in [-0.3, -0.25) is 4.79 Å². The molecule has 0 aliphatic rings. The maximum absolute atomic E-state index is 12.3. The lowest BCUT2D eigenvalue weighted by atomic mass is 10.2. The molecule has 100 valence electrons. The molecule has 0 saturated carbocycles. The molecule has 20 heavy (non-hydrogen) atoms. The number of carbonyl (C=O) groups is 1. The molecule has 3 N–H and O–H groups in total. The molecule has 3 aromatic rings. The van der Waals surface area contributed by atoms with E-state index in [-0.39, 0.29) is 5.91 Å². The van der Waals surface area contributed by atoms with Gasteiger partial charge in [0.2, 0.25) is 0 Å². The molecular weight excluding hydrogens is 292 g/mol. The summed E-state index contributed by atoms with van der Waals surface area (Å²) < 4.78 is 0.949. The molecule has 0 aliphatic carbocycles. The molecule has 5 heteroatoms. The highest BCUT2D eigenvalue weighted by atomic mass is 35.5. The van der Waals surface area contributed by atoms with Crippen molar-refractivity contribution in [1.82, 2.24) is 0 Å². The van der Waals surface area contributed by atoms with E-state index in [1.807, 2.05) is 36.4 Å². The lowest BCUT2D eigenvalue weighted by Crippen LogP contribution is -2.11. The molecule has 0 fully saturated rings. The second-order valence-corrected chi connectivity index (χ2v) is 5.79. The van der Waals surface area contributed by atoms with Crippen LogP contribution in [0.25, 0.3) is 10.1 Å². The quantitative estimate of drug-likeness (QED) is 0.737. The van der Waals surface area contributed by atoms with Crippen molar-refractivity contribution in [3.8, 4) is 0 Å². The van der Waals surface area contributed by atoms with E-state index in [1.165, 1.54) is 11.3 Å². The Hall–Kier alpha value is -2.04. The summed E-state index contributed by atoms with van der Waals surface area (Å²) >= 11 is 7.32. The van der Waals surface area contributed by atoms with Gasteiger partial charge in [-0.2, -0.15) is 0 Å². The molecule has 0 bridgehead atoms. The lowest BCUT2D eigenvalue weighted by Gasteiger charge is -2.03. The van der Waals surface area contributed by atoms with Crippen molar-refractivity contribution in [3.05, 3.63) is 58.4 Å². The molecule has 0 radical (unpaired) electrons. The number of amides is 1. The van der Waals surface area contributed by atoms with Crippen LogP contribution in [-0.4, -0.2) is 5.91 Å². The first kappa shape index (κ1) is 13.0. The van der Waals surface area contributed by atoms with Gasteiger partial charge in [0.25, 0.3) is 5.91 Å². The van der Waals surface area contributed by atoms with Gasteiger partial charge in [0, 0.05) is 20.8 Å². The van der Waals surface area contributed by atoms with Crippen LogP contribution in [-0.2, 0) is 0 Å². The number of hydrogen-bond acceptors (Lipinski definition) is 3. The summed E-state index contributed by atoms with van der Waals surface area (Å²) in [5.41, 5.74) is 7.27. The Kier molecular flexibility index (Phi) is 3.34. The smallest absolute Gasteiger partial charge is 0.267 e. The van der Waals surface area contributed by atoms with E-state index in [2.05, 4.69) is 5.32 Å². The van der Waals surface area contributed by atoms with Crippen LogP contribution in [0.4, 0.5) is 11.4 Å². The van der Waals surface area contributed by atoms with Crippen molar-refractivity contribution in [2.45, 2.75) is 0 Å². The van der Waals surface area contributed by atoms with E-state index in [4.69, 9.17) is 17.3 Å².